The highest BCUT2D eigenvalue weighted by Crippen LogP contribution is 2.43. The largest absolute Gasteiger partial charge is 0.472 e. The number of phosphoric acid groups is 1. The van der Waals surface area contributed by atoms with Crippen molar-refractivity contribution in [3.63, 3.8) is 0 Å². The van der Waals surface area contributed by atoms with E-state index in [4.69, 9.17) is 18.5 Å². The number of allylic oxidation sites excluding steroid dienone is 16. The van der Waals surface area contributed by atoms with Crippen LogP contribution >= 0.6 is 7.82 Å². The van der Waals surface area contributed by atoms with Crippen LogP contribution in [-0.4, -0.2) is 86.1 Å². The van der Waals surface area contributed by atoms with Crippen molar-refractivity contribution in [2.45, 2.75) is 148 Å². The van der Waals surface area contributed by atoms with Crippen LogP contribution in [-0.2, 0) is 32.7 Å². The van der Waals surface area contributed by atoms with E-state index in [-0.39, 0.29) is 32.2 Å². The molecule has 1 unspecified atom stereocenters. The summed E-state index contributed by atoms with van der Waals surface area (Å²) >= 11 is 0. The van der Waals surface area contributed by atoms with Crippen molar-refractivity contribution in [3.05, 3.63) is 97.2 Å². The van der Waals surface area contributed by atoms with Gasteiger partial charge in [-0.15, -0.1) is 0 Å². The molecule has 0 spiro atoms. The monoisotopic (exact) mass is 847 g/mol. The fraction of sp³-hybridized carbons (Fsp3) is 0.625. The Bertz CT molecular complexity index is 1340. The highest BCUT2D eigenvalue weighted by atomic mass is 31.2. The van der Waals surface area contributed by atoms with Gasteiger partial charge in [0.1, 0.15) is 19.8 Å². The zero-order chi connectivity index (χ0) is 43.7. The fourth-order valence-electron chi connectivity index (χ4n) is 5.13. The Labute approximate surface area is 358 Å². The SMILES string of the molecule is CCCCC/C=C\C/C=C\C/C=C\C/C=C\CCCC(=O)OC[C@H](COP(=O)(O)OCC[N+](C)(C)C)OC(=O)CCC/C=C\C/C=C\C/C=C\C/C=C\CCC[C@H](C)O. The molecule has 0 aliphatic heterocycles. The van der Waals surface area contributed by atoms with Gasteiger partial charge in [0.15, 0.2) is 6.10 Å². The Balaban J connectivity index is 4.58. The minimum absolute atomic E-state index is 0.00165. The second-order valence-corrected chi connectivity index (χ2v) is 17.1. The number of phosphoric ester groups is 1. The Morgan fingerprint density at radius 3 is 1.46 bits per heavy atom. The van der Waals surface area contributed by atoms with Crippen LogP contribution < -0.4 is 0 Å². The maximum atomic E-state index is 12.7. The van der Waals surface area contributed by atoms with E-state index in [1.54, 1.807) is 0 Å². The van der Waals surface area contributed by atoms with Gasteiger partial charge in [0.25, 0.3) is 0 Å². The summed E-state index contributed by atoms with van der Waals surface area (Å²) in [6.45, 7) is 3.77. The summed E-state index contributed by atoms with van der Waals surface area (Å²) in [4.78, 5) is 35.3. The molecule has 0 amide bonds. The molecule has 0 bridgehead atoms. The summed E-state index contributed by atoms with van der Waals surface area (Å²) in [6, 6.07) is 0. The third-order valence-electron chi connectivity index (χ3n) is 8.61. The van der Waals surface area contributed by atoms with Crippen LogP contribution in [0.4, 0.5) is 0 Å². The van der Waals surface area contributed by atoms with Crippen molar-refractivity contribution in [1.29, 1.82) is 0 Å². The summed E-state index contributed by atoms with van der Waals surface area (Å²) in [5, 5.41) is 9.28. The Kier molecular flexibility index (Phi) is 37.0. The number of rotatable bonds is 38. The molecule has 0 aromatic carbocycles. The standard InChI is InChI=1S/C48H80NO9P/c1-6-7-8-9-10-11-12-13-14-15-18-21-24-27-30-33-36-39-47(51)55-43-46(44-57-59(53,54)56-42-41-49(3,4)5)58-48(52)40-37-34-31-28-25-22-19-16-17-20-23-26-29-32-35-38-45(2)50/h10-11,13-14,17-22,26-31,45-46,50H,6-9,12,15-16,23-25,32-44H2,1-5H3/p+1/b11-10-,14-13-,20-17-,21-18-,22-19-,29-26-,30-27-,31-28-/t45-,46+/m0/s1. The maximum Gasteiger partial charge on any atom is 0.472 e. The van der Waals surface area contributed by atoms with Gasteiger partial charge < -0.3 is 24.0 Å². The molecule has 3 atom stereocenters. The lowest BCUT2D eigenvalue weighted by molar-refractivity contribution is -0.870. The van der Waals surface area contributed by atoms with Crippen LogP contribution in [0.1, 0.15) is 136 Å². The van der Waals surface area contributed by atoms with Gasteiger partial charge in [0.2, 0.25) is 0 Å². The number of carbonyl (C=O) groups excluding carboxylic acids is 2. The summed E-state index contributed by atoms with van der Waals surface area (Å²) in [7, 11) is 1.37. The first-order valence-electron chi connectivity index (χ1n) is 22.0. The molecule has 0 saturated carbocycles. The highest BCUT2D eigenvalue weighted by molar-refractivity contribution is 7.47. The van der Waals surface area contributed by atoms with Crippen molar-refractivity contribution >= 4 is 19.8 Å². The number of quaternary nitrogens is 1. The van der Waals surface area contributed by atoms with E-state index >= 15 is 0 Å². The molecule has 0 aromatic rings. The summed E-state index contributed by atoms with van der Waals surface area (Å²) in [6.07, 6.45) is 48.9. The lowest BCUT2D eigenvalue weighted by Gasteiger charge is -2.24. The molecular weight excluding hydrogens is 765 g/mol. The summed E-state index contributed by atoms with van der Waals surface area (Å²) < 4.78 is 34.1. The Morgan fingerprint density at radius 2 is 1.02 bits per heavy atom. The van der Waals surface area contributed by atoms with Gasteiger partial charge in [-0.2, -0.15) is 0 Å². The van der Waals surface area contributed by atoms with Crippen LogP contribution in [0.3, 0.4) is 0 Å². The van der Waals surface area contributed by atoms with Crippen LogP contribution in [0, 0.1) is 0 Å². The predicted molar refractivity (Wildman–Crippen MR) is 244 cm³/mol. The van der Waals surface area contributed by atoms with Gasteiger partial charge in [0.05, 0.1) is 33.9 Å². The topological polar surface area (TPSA) is 129 Å². The van der Waals surface area contributed by atoms with Crippen molar-refractivity contribution in [3.8, 4) is 0 Å². The molecule has 0 fully saturated rings. The van der Waals surface area contributed by atoms with Gasteiger partial charge in [0, 0.05) is 12.8 Å². The van der Waals surface area contributed by atoms with Gasteiger partial charge in [-0.25, -0.2) is 4.57 Å². The van der Waals surface area contributed by atoms with Gasteiger partial charge in [-0.1, -0.05) is 117 Å². The summed E-state index contributed by atoms with van der Waals surface area (Å²) in [5.74, 6) is -0.958. The van der Waals surface area contributed by atoms with Crippen LogP contribution in [0.15, 0.2) is 97.2 Å². The first kappa shape index (κ1) is 55.9. The highest BCUT2D eigenvalue weighted by Gasteiger charge is 2.27. The second kappa shape index (κ2) is 39.1. The van der Waals surface area contributed by atoms with Crippen molar-refractivity contribution < 1.29 is 47.2 Å². The van der Waals surface area contributed by atoms with E-state index < -0.39 is 32.5 Å². The van der Waals surface area contributed by atoms with E-state index in [2.05, 4.69) is 92.0 Å². The number of unbranched alkanes of at least 4 members (excludes halogenated alkanes) is 6. The molecule has 0 aliphatic rings. The van der Waals surface area contributed by atoms with Crippen LogP contribution in [0.2, 0.25) is 0 Å². The average Bonchev–Trinajstić information content (AvgIpc) is 3.17. The number of aliphatic hydroxyl groups excluding tert-OH is 1. The molecule has 0 rings (SSSR count). The van der Waals surface area contributed by atoms with E-state index in [1.165, 1.54) is 25.7 Å². The number of hydrogen-bond acceptors (Lipinski definition) is 8. The van der Waals surface area contributed by atoms with Crippen molar-refractivity contribution in [1.82, 2.24) is 0 Å². The Morgan fingerprint density at radius 1 is 0.593 bits per heavy atom. The van der Waals surface area contributed by atoms with Gasteiger partial charge in [-0.05, 0) is 103 Å². The minimum atomic E-state index is -4.42. The lowest BCUT2D eigenvalue weighted by atomic mass is 10.1. The van der Waals surface area contributed by atoms with E-state index in [9.17, 15) is 24.2 Å². The van der Waals surface area contributed by atoms with Gasteiger partial charge >= 0.3 is 19.8 Å². The lowest BCUT2D eigenvalue weighted by Crippen LogP contribution is -2.37. The quantitative estimate of drug-likeness (QED) is 0.0205. The molecule has 0 aromatic heterocycles. The predicted octanol–water partition coefficient (Wildman–Crippen LogP) is 11.5. The number of likely N-dealkylation sites (N-methyl/N-ethyl adjacent to an activating group) is 1. The second-order valence-electron chi connectivity index (χ2n) is 15.7. The van der Waals surface area contributed by atoms with Crippen molar-refractivity contribution in [2.24, 2.45) is 0 Å². The molecule has 10 nitrogen and oxygen atoms in total. The normalized spacial score (nSPS) is 15.0. The number of aliphatic hydroxyl groups is 1. The van der Waals surface area contributed by atoms with E-state index in [0.29, 0.717) is 30.3 Å². The number of esters is 2. The number of carbonyl (C=O) groups is 2. The fourth-order valence-corrected chi connectivity index (χ4v) is 5.87. The molecule has 0 saturated heterocycles. The first-order chi connectivity index (χ1) is 28.3. The molecule has 11 heteroatoms. The Hall–Kier alpha value is -3.11. The zero-order valence-electron chi connectivity index (χ0n) is 37.3. The molecular formula is C48H81NO9P+. The third kappa shape index (κ3) is 44.3. The zero-order valence-corrected chi connectivity index (χ0v) is 38.2. The first-order valence-corrected chi connectivity index (χ1v) is 23.5. The molecule has 59 heavy (non-hydrogen) atoms. The molecule has 0 heterocycles. The third-order valence-corrected chi connectivity index (χ3v) is 9.59. The number of ether oxygens (including phenoxy) is 2. The van der Waals surface area contributed by atoms with Gasteiger partial charge in [-0.3, -0.25) is 18.6 Å². The molecule has 0 aliphatic carbocycles. The maximum absolute atomic E-state index is 12.7. The van der Waals surface area contributed by atoms with Crippen LogP contribution in [0.5, 0.6) is 0 Å². The van der Waals surface area contributed by atoms with E-state index in [0.717, 1.165) is 64.2 Å². The molecule has 0 radical (unpaired) electrons. The average molecular weight is 847 g/mol. The van der Waals surface area contributed by atoms with Crippen LogP contribution in [0.25, 0.3) is 0 Å². The minimum Gasteiger partial charge on any atom is -0.462 e. The smallest absolute Gasteiger partial charge is 0.462 e. The molecule has 336 valence electrons. The number of nitrogens with zero attached hydrogens (tertiary/aromatic N) is 1. The van der Waals surface area contributed by atoms with Crippen molar-refractivity contribution in [2.75, 3.05) is 47.5 Å². The van der Waals surface area contributed by atoms with E-state index in [1.807, 2.05) is 40.2 Å². The number of hydrogen-bond donors (Lipinski definition) is 2. The molecule has 2 N–H and O–H groups in total. The summed E-state index contributed by atoms with van der Waals surface area (Å²) in [5.41, 5.74) is 0.